The normalized spacial score (nSPS) is 19.0. The van der Waals surface area contributed by atoms with E-state index < -0.39 is 16.6 Å². The molecule has 1 atom stereocenters. The van der Waals surface area contributed by atoms with Crippen molar-refractivity contribution in [1.29, 1.82) is 0 Å². The zero-order valence-electron chi connectivity index (χ0n) is 3.70. The van der Waals surface area contributed by atoms with Crippen molar-refractivity contribution in [3.05, 3.63) is 0 Å². The van der Waals surface area contributed by atoms with Crippen molar-refractivity contribution < 1.29 is 11.7 Å². The molecule has 0 aromatic heterocycles. The summed E-state index contributed by atoms with van der Waals surface area (Å²) in [5.41, 5.74) is 4.48. The number of hydrogen-bond acceptors (Lipinski definition) is 1. The number of hydrogen-bond donors (Lipinski definition) is 1. The molecule has 46 valence electrons. The Morgan fingerprint density at radius 1 is 1.43 bits per heavy atom. The maximum absolute atomic E-state index is 11.1. The minimum absolute atomic E-state index is 0.940. The number of nitrogens with two attached hydrogens (primary N) is 1. The first kappa shape index (κ1) is 7.10. The average Bonchev–Trinajstić information content (AvgIpc) is 1.31. The van der Waals surface area contributed by atoms with Gasteiger partial charge in [-0.05, 0) is 6.92 Å². The molecule has 0 heterocycles. The number of rotatable bonds is 1. The molecule has 0 saturated carbocycles. The molecule has 0 radical (unpaired) electrons. The molecule has 0 aromatic rings. The second kappa shape index (κ2) is 1.92. The van der Waals surface area contributed by atoms with E-state index in [1.807, 2.05) is 0 Å². The van der Waals surface area contributed by atoms with Crippen LogP contribution in [0.1, 0.15) is 6.92 Å². The lowest BCUT2D eigenvalue weighted by Crippen LogP contribution is -2.14. The molecule has 1 nitrogen and oxygen atoms in total. The van der Waals surface area contributed by atoms with Gasteiger partial charge in [0.1, 0.15) is 5.37 Å². The van der Waals surface area contributed by atoms with Crippen LogP contribution in [0.15, 0.2) is 0 Å². The smallest absolute Gasteiger partial charge is 0.224 e. The summed E-state index contributed by atoms with van der Waals surface area (Å²) in [6.45, 7) is 0.940. The quantitative estimate of drug-likeness (QED) is 0.579. The van der Waals surface area contributed by atoms with Gasteiger partial charge in [0.15, 0.2) is 0 Å². The standard InChI is InChI=1S/C2H6F3NS/c1-2(6)7(3,4)5/h2H,6H2,1H3. The molecule has 0 saturated heterocycles. The molecule has 0 aliphatic carbocycles. The highest BCUT2D eigenvalue weighted by atomic mass is 32.3. The molecule has 0 aliphatic heterocycles. The van der Waals surface area contributed by atoms with Gasteiger partial charge in [-0.15, -0.1) is 11.7 Å². The highest BCUT2D eigenvalue weighted by Gasteiger charge is 2.25. The summed E-state index contributed by atoms with van der Waals surface area (Å²) in [5, 5.41) is -1.62. The van der Waals surface area contributed by atoms with Gasteiger partial charge >= 0.3 is 0 Å². The van der Waals surface area contributed by atoms with Crippen LogP contribution in [0.2, 0.25) is 0 Å². The fourth-order valence-electron chi connectivity index (χ4n) is 0. The predicted molar refractivity (Wildman–Crippen MR) is 24.6 cm³/mol. The molecule has 2 N–H and O–H groups in total. The van der Waals surface area contributed by atoms with E-state index in [2.05, 4.69) is 5.73 Å². The summed E-state index contributed by atoms with van der Waals surface area (Å²) in [6, 6.07) is 0. The topological polar surface area (TPSA) is 26.0 Å². The van der Waals surface area contributed by atoms with Crippen molar-refractivity contribution in [2.24, 2.45) is 5.73 Å². The summed E-state index contributed by atoms with van der Waals surface area (Å²) >= 11 is -4.96. The van der Waals surface area contributed by atoms with Crippen LogP contribution in [0.5, 0.6) is 0 Å². The van der Waals surface area contributed by atoms with E-state index in [1.165, 1.54) is 0 Å². The van der Waals surface area contributed by atoms with E-state index >= 15 is 0 Å². The first-order chi connectivity index (χ1) is 2.94. The second-order valence-corrected chi connectivity index (χ2v) is 2.78. The van der Waals surface area contributed by atoms with Crippen LogP contribution >= 0.6 is 11.2 Å². The molecule has 0 fully saturated rings. The van der Waals surface area contributed by atoms with E-state index in [0.717, 1.165) is 6.92 Å². The Balaban J connectivity index is 3.54. The molecule has 0 spiro atoms. The monoisotopic (exact) mass is 133 g/mol. The summed E-state index contributed by atoms with van der Waals surface area (Å²) in [6.07, 6.45) is 0. The van der Waals surface area contributed by atoms with Crippen LogP contribution in [-0.4, -0.2) is 5.37 Å². The van der Waals surface area contributed by atoms with Crippen LogP contribution in [0, 0.1) is 0 Å². The first-order valence-corrected chi connectivity index (χ1v) is 3.01. The fourth-order valence-corrected chi connectivity index (χ4v) is 0. The van der Waals surface area contributed by atoms with Crippen LogP contribution < -0.4 is 5.73 Å². The van der Waals surface area contributed by atoms with E-state index in [9.17, 15) is 11.7 Å². The summed E-state index contributed by atoms with van der Waals surface area (Å²) in [5.74, 6) is 0. The average molecular weight is 133 g/mol. The van der Waals surface area contributed by atoms with Crippen LogP contribution in [-0.2, 0) is 0 Å². The van der Waals surface area contributed by atoms with Gasteiger partial charge < -0.3 is 5.73 Å². The van der Waals surface area contributed by atoms with Crippen molar-refractivity contribution in [3.63, 3.8) is 0 Å². The Morgan fingerprint density at radius 2 is 1.57 bits per heavy atom. The highest BCUT2D eigenvalue weighted by molar-refractivity contribution is 8.21. The van der Waals surface area contributed by atoms with E-state index in [-0.39, 0.29) is 0 Å². The van der Waals surface area contributed by atoms with E-state index in [0.29, 0.717) is 0 Å². The molecule has 0 bridgehead atoms. The molecule has 7 heavy (non-hydrogen) atoms. The van der Waals surface area contributed by atoms with E-state index in [1.54, 1.807) is 0 Å². The molecule has 0 aliphatic rings. The van der Waals surface area contributed by atoms with Gasteiger partial charge in [0.05, 0.1) is 0 Å². The SMILES string of the molecule is CC(N)S(F)(F)F. The third kappa shape index (κ3) is 2.76. The van der Waals surface area contributed by atoms with Crippen LogP contribution in [0.4, 0.5) is 11.7 Å². The predicted octanol–water partition coefficient (Wildman–Crippen LogP) is 1.75. The largest absolute Gasteiger partial charge is 0.315 e. The lowest BCUT2D eigenvalue weighted by Gasteiger charge is -2.12. The number of halogens is 3. The third-order valence-electron chi connectivity index (χ3n) is 0.422. The Kier molecular flexibility index (Phi) is 1.94. The van der Waals surface area contributed by atoms with Crippen molar-refractivity contribution in [1.82, 2.24) is 0 Å². The van der Waals surface area contributed by atoms with Crippen molar-refractivity contribution in [2.75, 3.05) is 0 Å². The van der Waals surface area contributed by atoms with Gasteiger partial charge in [-0.2, -0.15) is 0 Å². The lowest BCUT2D eigenvalue weighted by molar-refractivity contribution is 0.608. The maximum Gasteiger partial charge on any atom is 0.224 e. The lowest BCUT2D eigenvalue weighted by atomic mass is 10.8. The molecule has 5 heteroatoms. The Hall–Kier alpha value is 0.100. The molecular formula is C2H6F3NS. The second-order valence-electron chi connectivity index (χ2n) is 1.15. The van der Waals surface area contributed by atoms with E-state index in [4.69, 9.17) is 0 Å². The van der Waals surface area contributed by atoms with Gasteiger partial charge in [0, 0.05) is 0 Å². The maximum atomic E-state index is 11.1. The first-order valence-electron chi connectivity index (χ1n) is 1.61. The Labute approximate surface area is 41.9 Å². The van der Waals surface area contributed by atoms with Gasteiger partial charge in [-0.25, -0.2) is 0 Å². The third-order valence-corrected chi connectivity index (χ3v) is 1.26. The zero-order chi connectivity index (χ0) is 6.08. The van der Waals surface area contributed by atoms with Crippen LogP contribution in [0.25, 0.3) is 0 Å². The van der Waals surface area contributed by atoms with Gasteiger partial charge in [0.2, 0.25) is 11.2 Å². The molecular weight excluding hydrogens is 127 g/mol. The summed E-state index contributed by atoms with van der Waals surface area (Å²) < 4.78 is 33.4. The van der Waals surface area contributed by atoms with Gasteiger partial charge in [-0.1, -0.05) is 0 Å². The molecule has 0 aromatic carbocycles. The van der Waals surface area contributed by atoms with Crippen LogP contribution in [0.3, 0.4) is 0 Å². The zero-order valence-corrected chi connectivity index (χ0v) is 4.51. The van der Waals surface area contributed by atoms with Crippen molar-refractivity contribution in [3.8, 4) is 0 Å². The minimum atomic E-state index is -4.96. The summed E-state index contributed by atoms with van der Waals surface area (Å²) in [7, 11) is 0. The van der Waals surface area contributed by atoms with Crippen molar-refractivity contribution >= 4 is 11.2 Å². The Morgan fingerprint density at radius 3 is 1.57 bits per heavy atom. The van der Waals surface area contributed by atoms with Gasteiger partial charge in [-0.3, -0.25) is 0 Å². The molecule has 0 amide bonds. The molecule has 1 unspecified atom stereocenters. The minimum Gasteiger partial charge on any atom is -0.315 e. The van der Waals surface area contributed by atoms with Gasteiger partial charge in [0.25, 0.3) is 0 Å². The Bertz CT molecular complexity index is 58.4. The van der Waals surface area contributed by atoms with Crippen molar-refractivity contribution in [2.45, 2.75) is 12.3 Å². The highest BCUT2D eigenvalue weighted by Crippen LogP contribution is 2.55. The molecule has 0 rings (SSSR count). The fraction of sp³-hybridized carbons (Fsp3) is 1.00. The summed E-state index contributed by atoms with van der Waals surface area (Å²) in [4.78, 5) is 0.